The quantitative estimate of drug-likeness (QED) is 0.800. The van der Waals surface area contributed by atoms with Crippen molar-refractivity contribution in [3.8, 4) is 0 Å². The van der Waals surface area contributed by atoms with Gasteiger partial charge in [-0.1, -0.05) is 28.1 Å². The number of rotatable bonds is 3. The van der Waals surface area contributed by atoms with Gasteiger partial charge in [0.25, 0.3) is 5.91 Å². The molecule has 24 heavy (non-hydrogen) atoms. The first kappa shape index (κ1) is 15.6. The molecule has 1 aromatic carbocycles. The molecule has 0 N–H and O–H groups in total. The molecule has 3 heterocycles. The molecule has 124 valence electrons. The zero-order valence-electron chi connectivity index (χ0n) is 13.0. The average molecular weight is 389 g/mol. The van der Waals surface area contributed by atoms with Crippen molar-refractivity contribution in [2.24, 2.45) is 5.10 Å². The predicted octanol–water partition coefficient (Wildman–Crippen LogP) is 3.90. The number of benzene rings is 1. The minimum Gasteiger partial charge on any atom is -0.463 e. The minimum atomic E-state index is -0.389. The zero-order valence-corrected chi connectivity index (χ0v) is 14.6. The summed E-state index contributed by atoms with van der Waals surface area (Å²) in [6.45, 7) is 0.639. The van der Waals surface area contributed by atoms with E-state index in [1.807, 2.05) is 36.4 Å². The number of hydrogen-bond donors (Lipinski definition) is 0. The van der Waals surface area contributed by atoms with Crippen LogP contribution in [0.3, 0.4) is 0 Å². The van der Waals surface area contributed by atoms with E-state index < -0.39 is 0 Å². The van der Waals surface area contributed by atoms with Crippen molar-refractivity contribution in [1.82, 2.24) is 5.01 Å². The number of hydrazone groups is 1. The van der Waals surface area contributed by atoms with Crippen LogP contribution in [0, 0.1) is 0 Å². The van der Waals surface area contributed by atoms with Crippen LogP contribution in [0.1, 0.15) is 36.6 Å². The summed E-state index contributed by atoms with van der Waals surface area (Å²) in [6, 6.07) is 11.6. The normalized spacial score (nSPS) is 23.5. The second-order valence-electron chi connectivity index (χ2n) is 5.98. The second-order valence-corrected chi connectivity index (χ2v) is 6.90. The lowest BCUT2D eigenvalue weighted by molar-refractivity contribution is -0.142. The summed E-state index contributed by atoms with van der Waals surface area (Å²) < 4.78 is 12.0. The fourth-order valence-corrected chi connectivity index (χ4v) is 3.62. The highest BCUT2D eigenvalue weighted by Gasteiger charge is 2.38. The van der Waals surface area contributed by atoms with E-state index in [2.05, 4.69) is 21.0 Å². The van der Waals surface area contributed by atoms with Crippen molar-refractivity contribution in [2.45, 2.75) is 31.4 Å². The lowest BCUT2D eigenvalue weighted by atomic mass is 10.0. The maximum atomic E-state index is 12.9. The van der Waals surface area contributed by atoms with E-state index in [4.69, 9.17) is 9.15 Å². The van der Waals surface area contributed by atoms with Crippen LogP contribution in [0.2, 0.25) is 0 Å². The molecule has 2 unspecified atom stereocenters. The fourth-order valence-electron chi connectivity index (χ4n) is 3.20. The number of ether oxygens (including phenoxy) is 1. The van der Waals surface area contributed by atoms with Gasteiger partial charge in [-0.3, -0.25) is 4.79 Å². The molecule has 1 saturated heterocycles. The van der Waals surface area contributed by atoms with Crippen LogP contribution in [0.25, 0.3) is 0 Å². The molecule has 0 saturated carbocycles. The molecule has 0 aliphatic carbocycles. The molecule has 6 heteroatoms. The van der Waals surface area contributed by atoms with Crippen molar-refractivity contribution in [3.05, 3.63) is 58.5 Å². The molecule has 1 amide bonds. The molecule has 2 atom stereocenters. The van der Waals surface area contributed by atoms with E-state index in [0.29, 0.717) is 18.8 Å². The van der Waals surface area contributed by atoms with Crippen LogP contribution in [-0.2, 0) is 9.53 Å². The van der Waals surface area contributed by atoms with Gasteiger partial charge < -0.3 is 9.15 Å². The molecule has 0 radical (unpaired) electrons. The SMILES string of the molecule is O=C(C1CCCO1)N1N=C(c2ccco2)CC1c1cccc(Br)c1. The van der Waals surface area contributed by atoms with Gasteiger partial charge in [-0.2, -0.15) is 5.10 Å². The lowest BCUT2D eigenvalue weighted by Crippen LogP contribution is -2.35. The van der Waals surface area contributed by atoms with Gasteiger partial charge in [0.15, 0.2) is 0 Å². The summed E-state index contributed by atoms with van der Waals surface area (Å²) in [5.41, 5.74) is 1.83. The Hall–Kier alpha value is -1.92. The number of furan rings is 1. The molecule has 2 aliphatic rings. The van der Waals surface area contributed by atoms with Crippen molar-refractivity contribution in [2.75, 3.05) is 6.61 Å². The van der Waals surface area contributed by atoms with Gasteiger partial charge in [0.05, 0.1) is 12.3 Å². The molecule has 1 aromatic heterocycles. The van der Waals surface area contributed by atoms with E-state index in [1.54, 1.807) is 11.3 Å². The van der Waals surface area contributed by atoms with Crippen LogP contribution in [0.5, 0.6) is 0 Å². The van der Waals surface area contributed by atoms with Crippen molar-refractivity contribution in [1.29, 1.82) is 0 Å². The first-order valence-electron chi connectivity index (χ1n) is 8.04. The van der Waals surface area contributed by atoms with Gasteiger partial charge in [-0.05, 0) is 42.7 Å². The number of nitrogens with zero attached hydrogens (tertiary/aromatic N) is 2. The molecule has 4 rings (SSSR count). The Morgan fingerprint density at radius 3 is 2.92 bits per heavy atom. The summed E-state index contributed by atoms with van der Waals surface area (Å²) >= 11 is 3.50. The maximum Gasteiger partial charge on any atom is 0.272 e. The summed E-state index contributed by atoms with van der Waals surface area (Å²) in [4.78, 5) is 12.9. The van der Waals surface area contributed by atoms with E-state index in [9.17, 15) is 4.79 Å². The summed E-state index contributed by atoms with van der Waals surface area (Å²) in [7, 11) is 0. The van der Waals surface area contributed by atoms with Crippen LogP contribution < -0.4 is 0 Å². The van der Waals surface area contributed by atoms with E-state index in [1.165, 1.54) is 0 Å². The largest absolute Gasteiger partial charge is 0.463 e. The average Bonchev–Trinajstić information content (AvgIpc) is 3.34. The summed E-state index contributed by atoms with van der Waals surface area (Å²) in [5.74, 6) is 0.636. The highest BCUT2D eigenvalue weighted by atomic mass is 79.9. The molecule has 2 aromatic rings. The van der Waals surface area contributed by atoms with E-state index >= 15 is 0 Å². The summed E-state index contributed by atoms with van der Waals surface area (Å²) in [5, 5.41) is 6.15. The number of carbonyl (C=O) groups is 1. The van der Waals surface area contributed by atoms with Gasteiger partial charge in [0.2, 0.25) is 0 Å². The highest BCUT2D eigenvalue weighted by molar-refractivity contribution is 9.10. The number of carbonyl (C=O) groups excluding carboxylic acids is 1. The number of amides is 1. The molecule has 1 fully saturated rings. The third kappa shape index (κ3) is 2.91. The Morgan fingerprint density at radius 1 is 1.29 bits per heavy atom. The highest BCUT2D eigenvalue weighted by Crippen LogP contribution is 2.35. The molecular formula is C18H17BrN2O3. The van der Waals surface area contributed by atoms with Crippen molar-refractivity contribution in [3.63, 3.8) is 0 Å². The molecule has 0 bridgehead atoms. The third-order valence-electron chi connectivity index (χ3n) is 4.38. The Labute approximate surface area is 148 Å². The third-order valence-corrected chi connectivity index (χ3v) is 4.87. The number of halogens is 1. The standard InChI is InChI=1S/C18H17BrN2O3/c19-13-5-1-4-12(10-13)15-11-14(16-6-2-8-23-16)20-21(15)18(22)17-7-3-9-24-17/h1-2,4-6,8,10,15,17H,3,7,9,11H2. The lowest BCUT2D eigenvalue weighted by Gasteiger charge is -2.24. The van der Waals surface area contributed by atoms with E-state index in [-0.39, 0.29) is 18.1 Å². The Morgan fingerprint density at radius 2 is 2.21 bits per heavy atom. The summed E-state index contributed by atoms with van der Waals surface area (Å²) in [6.07, 6.45) is 3.53. The van der Waals surface area contributed by atoms with Crippen molar-refractivity contribution >= 4 is 27.5 Å². The minimum absolute atomic E-state index is 0.0703. The van der Waals surface area contributed by atoms with Crippen LogP contribution in [-0.4, -0.2) is 29.3 Å². The van der Waals surface area contributed by atoms with Crippen LogP contribution in [0.4, 0.5) is 0 Å². The first-order chi connectivity index (χ1) is 11.7. The van der Waals surface area contributed by atoms with Crippen LogP contribution in [0.15, 0.2) is 56.7 Å². The van der Waals surface area contributed by atoms with Gasteiger partial charge in [-0.15, -0.1) is 0 Å². The second kappa shape index (κ2) is 6.53. The Kier molecular flexibility index (Phi) is 4.24. The van der Waals surface area contributed by atoms with Crippen LogP contribution >= 0.6 is 15.9 Å². The van der Waals surface area contributed by atoms with Gasteiger partial charge >= 0.3 is 0 Å². The molecular weight excluding hydrogens is 372 g/mol. The van der Waals surface area contributed by atoms with Gasteiger partial charge in [0.1, 0.15) is 17.6 Å². The zero-order chi connectivity index (χ0) is 16.5. The molecule has 0 spiro atoms. The van der Waals surface area contributed by atoms with E-state index in [0.717, 1.165) is 28.6 Å². The maximum absolute atomic E-state index is 12.9. The smallest absolute Gasteiger partial charge is 0.272 e. The first-order valence-corrected chi connectivity index (χ1v) is 8.83. The Bertz CT molecular complexity index is 766. The fraction of sp³-hybridized carbons (Fsp3) is 0.333. The molecule has 2 aliphatic heterocycles. The van der Waals surface area contributed by atoms with Gasteiger partial charge in [0, 0.05) is 17.5 Å². The monoisotopic (exact) mass is 388 g/mol. The topological polar surface area (TPSA) is 55.0 Å². The van der Waals surface area contributed by atoms with Crippen molar-refractivity contribution < 1.29 is 13.9 Å². The molecule has 5 nitrogen and oxygen atoms in total. The van der Waals surface area contributed by atoms with Gasteiger partial charge in [-0.25, -0.2) is 5.01 Å². The number of hydrogen-bond acceptors (Lipinski definition) is 4. The predicted molar refractivity (Wildman–Crippen MR) is 92.6 cm³/mol. The Balaban J connectivity index is 1.67.